The minimum absolute atomic E-state index is 0.0151. The van der Waals surface area contributed by atoms with Crippen molar-refractivity contribution in [2.45, 2.75) is 46.3 Å². The molecule has 7 nitrogen and oxygen atoms in total. The lowest BCUT2D eigenvalue weighted by Gasteiger charge is -2.42. The zero-order valence-electron chi connectivity index (χ0n) is 16.2. The molecule has 0 spiro atoms. The summed E-state index contributed by atoms with van der Waals surface area (Å²) in [6.45, 7) is 7.39. The molecule has 1 atom stereocenters. The van der Waals surface area contributed by atoms with Gasteiger partial charge in [0.1, 0.15) is 5.69 Å². The summed E-state index contributed by atoms with van der Waals surface area (Å²) < 4.78 is 0. The zero-order chi connectivity index (χ0) is 20.6. The second kappa shape index (κ2) is 7.99. The fourth-order valence-corrected chi connectivity index (χ4v) is 3.87. The molecule has 4 N–H and O–H groups in total. The number of hydrogen-bond donors (Lipinski definition) is 3. The lowest BCUT2D eigenvalue weighted by molar-refractivity contribution is 0.204. The molecule has 1 saturated heterocycles. The maximum absolute atomic E-state index is 9.91. The van der Waals surface area contributed by atoms with Gasteiger partial charge in [-0.3, -0.25) is 0 Å². The molecule has 3 heterocycles. The Kier molecular flexibility index (Phi) is 6.00. The van der Waals surface area contributed by atoms with Crippen LogP contribution in [-0.4, -0.2) is 44.3 Å². The largest absolute Gasteiger partial charge is 0.493 e. The highest BCUT2D eigenvalue weighted by molar-refractivity contribution is 6.43. The highest BCUT2D eigenvalue weighted by atomic mass is 35.5. The Hall–Kier alpha value is -1.67. The van der Waals surface area contributed by atoms with Crippen molar-refractivity contribution in [3.8, 4) is 17.1 Å². The lowest BCUT2D eigenvalue weighted by atomic mass is 9.75. The third-order valence-electron chi connectivity index (χ3n) is 5.73. The summed E-state index contributed by atoms with van der Waals surface area (Å²) in [6, 6.07) is 1.51. The molecule has 9 heteroatoms. The van der Waals surface area contributed by atoms with Crippen LogP contribution in [-0.2, 0) is 6.61 Å². The maximum atomic E-state index is 9.91. The van der Waals surface area contributed by atoms with Gasteiger partial charge >= 0.3 is 0 Å². The first kappa shape index (κ1) is 21.0. The van der Waals surface area contributed by atoms with Crippen LogP contribution in [0.2, 0.25) is 10.2 Å². The predicted octanol–water partition coefficient (Wildman–Crippen LogP) is 3.31. The molecular formula is C19H25Cl2N5O2. The average molecular weight is 426 g/mol. The standard InChI is InChI=1S/C19H25Cl2N5O2/c1-10-16(12-8-14(28)25-17(21)15(12)20)24-13(9-27)18(23-10)26-6-4-19(3,5-7-26)11(2)22/h8,11,27H,4-7,9,22H2,1-3H3,(H,25,28)/t11-/m0/s1. The van der Waals surface area contributed by atoms with Crippen LogP contribution >= 0.6 is 23.2 Å². The van der Waals surface area contributed by atoms with Gasteiger partial charge in [-0.15, -0.1) is 0 Å². The van der Waals surface area contributed by atoms with Crippen LogP contribution in [0.4, 0.5) is 5.82 Å². The Morgan fingerprint density at radius 2 is 1.89 bits per heavy atom. The number of hydrogen-bond acceptors (Lipinski definition) is 7. The van der Waals surface area contributed by atoms with Crippen molar-refractivity contribution in [3.05, 3.63) is 27.6 Å². The Bertz CT molecular complexity index is 883. The Labute approximate surface area is 174 Å². The summed E-state index contributed by atoms with van der Waals surface area (Å²) in [7, 11) is 0. The third-order valence-corrected chi connectivity index (χ3v) is 6.49. The van der Waals surface area contributed by atoms with Gasteiger partial charge in [0.2, 0.25) is 5.88 Å². The summed E-state index contributed by atoms with van der Waals surface area (Å²) in [5, 5.41) is 19.9. The van der Waals surface area contributed by atoms with Crippen LogP contribution in [0.25, 0.3) is 11.3 Å². The molecule has 1 aliphatic rings. The number of aromatic hydroxyl groups is 1. The number of rotatable bonds is 4. The topological polar surface area (TPSA) is 108 Å². The smallest absolute Gasteiger partial charge is 0.212 e. The number of piperidine rings is 1. The molecule has 2 aromatic rings. The van der Waals surface area contributed by atoms with Gasteiger partial charge < -0.3 is 20.8 Å². The van der Waals surface area contributed by atoms with E-state index >= 15 is 0 Å². The van der Waals surface area contributed by atoms with Gasteiger partial charge in [0, 0.05) is 30.8 Å². The second-order valence-electron chi connectivity index (χ2n) is 7.65. The molecule has 1 aliphatic heterocycles. The minimum atomic E-state index is -0.265. The highest BCUT2D eigenvalue weighted by Gasteiger charge is 2.34. The van der Waals surface area contributed by atoms with Gasteiger partial charge in [0.05, 0.1) is 23.0 Å². The number of nitrogens with two attached hydrogens (primary N) is 1. The Balaban J connectivity index is 1.98. The molecule has 0 bridgehead atoms. The molecule has 152 valence electrons. The second-order valence-corrected chi connectivity index (χ2v) is 8.38. The Morgan fingerprint density at radius 3 is 2.46 bits per heavy atom. The number of nitrogens with zero attached hydrogens (tertiary/aromatic N) is 4. The van der Waals surface area contributed by atoms with Crippen molar-refractivity contribution < 1.29 is 10.2 Å². The predicted molar refractivity (Wildman–Crippen MR) is 111 cm³/mol. The number of aryl methyl sites for hydroxylation is 1. The first-order chi connectivity index (χ1) is 13.2. The number of aromatic nitrogens is 3. The summed E-state index contributed by atoms with van der Waals surface area (Å²) in [5.74, 6) is 0.405. The quantitative estimate of drug-likeness (QED) is 0.644. The Morgan fingerprint density at radius 1 is 1.25 bits per heavy atom. The number of aliphatic hydroxyl groups excluding tert-OH is 1. The summed E-state index contributed by atoms with van der Waals surface area (Å²) >= 11 is 12.2. The molecule has 0 unspecified atom stereocenters. The van der Waals surface area contributed by atoms with Gasteiger partial charge in [0.25, 0.3) is 0 Å². The van der Waals surface area contributed by atoms with E-state index in [1.807, 2.05) is 13.8 Å². The normalized spacial score (nSPS) is 17.6. The maximum Gasteiger partial charge on any atom is 0.212 e. The van der Waals surface area contributed by atoms with Crippen LogP contribution < -0.4 is 10.6 Å². The van der Waals surface area contributed by atoms with Crippen LogP contribution in [0.3, 0.4) is 0 Å². The molecule has 2 aromatic heterocycles. The number of anilines is 1. The summed E-state index contributed by atoms with van der Waals surface area (Å²) in [6.07, 6.45) is 1.88. The van der Waals surface area contributed by atoms with E-state index in [1.54, 1.807) is 0 Å². The fraction of sp³-hybridized carbons (Fsp3) is 0.526. The first-order valence-electron chi connectivity index (χ1n) is 9.20. The minimum Gasteiger partial charge on any atom is -0.493 e. The summed E-state index contributed by atoms with van der Waals surface area (Å²) in [5.41, 5.74) is 8.20. The van der Waals surface area contributed by atoms with E-state index in [0.717, 1.165) is 25.9 Å². The first-order valence-corrected chi connectivity index (χ1v) is 9.96. The van der Waals surface area contributed by atoms with Gasteiger partial charge in [-0.2, -0.15) is 0 Å². The van der Waals surface area contributed by atoms with E-state index in [1.165, 1.54) is 6.07 Å². The van der Waals surface area contributed by atoms with E-state index in [0.29, 0.717) is 28.5 Å². The molecule has 0 aromatic carbocycles. The molecule has 28 heavy (non-hydrogen) atoms. The molecule has 3 rings (SSSR count). The van der Waals surface area contributed by atoms with Crippen molar-refractivity contribution in [1.82, 2.24) is 15.0 Å². The average Bonchev–Trinajstić information content (AvgIpc) is 2.65. The molecule has 0 amide bonds. The van der Waals surface area contributed by atoms with Crippen molar-refractivity contribution in [1.29, 1.82) is 0 Å². The van der Waals surface area contributed by atoms with Crippen LogP contribution in [0.15, 0.2) is 6.07 Å². The van der Waals surface area contributed by atoms with Gasteiger partial charge in [-0.25, -0.2) is 15.0 Å². The van der Waals surface area contributed by atoms with Crippen molar-refractivity contribution in [2.24, 2.45) is 11.1 Å². The molecule has 0 saturated carbocycles. The fourth-order valence-electron chi connectivity index (χ4n) is 3.50. The lowest BCUT2D eigenvalue weighted by Crippen LogP contribution is -2.47. The monoisotopic (exact) mass is 425 g/mol. The zero-order valence-corrected chi connectivity index (χ0v) is 17.7. The third kappa shape index (κ3) is 3.89. The number of aliphatic hydroxyl groups is 1. The van der Waals surface area contributed by atoms with Crippen molar-refractivity contribution in [3.63, 3.8) is 0 Å². The van der Waals surface area contributed by atoms with Crippen molar-refractivity contribution in [2.75, 3.05) is 18.0 Å². The molecular weight excluding hydrogens is 401 g/mol. The van der Waals surface area contributed by atoms with E-state index in [2.05, 4.69) is 21.8 Å². The number of halogens is 2. The van der Waals surface area contributed by atoms with Crippen LogP contribution in [0.5, 0.6) is 5.88 Å². The van der Waals surface area contributed by atoms with Crippen LogP contribution in [0.1, 0.15) is 38.1 Å². The molecule has 0 aliphatic carbocycles. The molecule has 0 radical (unpaired) electrons. The van der Waals surface area contributed by atoms with Crippen molar-refractivity contribution >= 4 is 29.0 Å². The van der Waals surface area contributed by atoms with E-state index in [4.69, 9.17) is 33.9 Å². The SMILES string of the molecule is Cc1nc(N2CCC(C)([C@H](C)N)CC2)c(CO)nc1-c1cc(O)nc(Cl)c1Cl. The van der Waals surface area contributed by atoms with E-state index in [-0.39, 0.29) is 34.1 Å². The van der Waals surface area contributed by atoms with E-state index in [9.17, 15) is 10.2 Å². The van der Waals surface area contributed by atoms with Gasteiger partial charge in [0.15, 0.2) is 11.0 Å². The summed E-state index contributed by atoms with van der Waals surface area (Å²) in [4.78, 5) is 15.2. The van der Waals surface area contributed by atoms with Gasteiger partial charge in [-0.05, 0) is 32.1 Å². The van der Waals surface area contributed by atoms with E-state index < -0.39 is 0 Å². The number of pyridine rings is 1. The van der Waals surface area contributed by atoms with Crippen LogP contribution in [0, 0.1) is 12.3 Å². The van der Waals surface area contributed by atoms with Gasteiger partial charge in [-0.1, -0.05) is 30.1 Å². The highest BCUT2D eigenvalue weighted by Crippen LogP contribution is 2.38. The molecule has 1 fully saturated rings.